The van der Waals surface area contributed by atoms with E-state index in [0.29, 0.717) is 0 Å². The van der Waals surface area contributed by atoms with Crippen molar-refractivity contribution >= 4 is 0 Å². The summed E-state index contributed by atoms with van der Waals surface area (Å²) in [5.74, 6) is 3.01. The fraction of sp³-hybridized carbons (Fsp3) is 0.750. The van der Waals surface area contributed by atoms with Crippen molar-refractivity contribution < 1.29 is 4.74 Å². The second kappa shape index (κ2) is 12.4. The molecule has 1 saturated carbocycles. The lowest BCUT2D eigenvalue weighted by Crippen LogP contribution is -2.20. The summed E-state index contributed by atoms with van der Waals surface area (Å²) in [6.45, 7) is 5.44. The molecule has 0 heterocycles. The van der Waals surface area contributed by atoms with Crippen LogP contribution in [-0.4, -0.2) is 6.61 Å². The fourth-order valence-electron chi connectivity index (χ4n) is 4.37. The Labute approximate surface area is 156 Å². The highest BCUT2D eigenvalue weighted by Crippen LogP contribution is 2.36. The minimum Gasteiger partial charge on any atom is -0.494 e. The molecule has 2 rings (SSSR count). The molecule has 0 spiro atoms. The molecule has 142 valence electrons. The first-order valence-electron chi connectivity index (χ1n) is 11.0. The van der Waals surface area contributed by atoms with Crippen LogP contribution in [-0.2, 0) is 6.42 Å². The van der Waals surface area contributed by atoms with E-state index in [-0.39, 0.29) is 0 Å². The lowest BCUT2D eigenvalue weighted by molar-refractivity contribution is 0.190. The van der Waals surface area contributed by atoms with E-state index in [1.54, 1.807) is 0 Å². The summed E-state index contributed by atoms with van der Waals surface area (Å²) in [6, 6.07) is 8.77. The van der Waals surface area contributed by atoms with Crippen LogP contribution < -0.4 is 4.74 Å². The van der Waals surface area contributed by atoms with Crippen molar-refractivity contribution in [1.82, 2.24) is 0 Å². The van der Waals surface area contributed by atoms with Gasteiger partial charge in [0.2, 0.25) is 0 Å². The van der Waals surface area contributed by atoms with Crippen molar-refractivity contribution in [3.63, 3.8) is 0 Å². The van der Waals surface area contributed by atoms with E-state index >= 15 is 0 Å². The minimum absolute atomic E-state index is 0.881. The topological polar surface area (TPSA) is 9.23 Å². The summed E-state index contributed by atoms with van der Waals surface area (Å²) in [6.07, 6.45) is 17.9. The lowest BCUT2D eigenvalue weighted by Gasteiger charge is -2.31. The molecule has 1 nitrogen and oxygen atoms in total. The highest BCUT2D eigenvalue weighted by atomic mass is 16.5. The Morgan fingerprint density at radius 2 is 1.44 bits per heavy atom. The molecule has 1 aromatic rings. The smallest absolute Gasteiger partial charge is 0.119 e. The van der Waals surface area contributed by atoms with Crippen LogP contribution in [0.15, 0.2) is 24.3 Å². The molecular formula is C24H40O. The molecule has 0 bridgehead atoms. The van der Waals surface area contributed by atoms with Gasteiger partial charge in [0.1, 0.15) is 5.75 Å². The molecule has 0 radical (unpaired) electrons. The van der Waals surface area contributed by atoms with Gasteiger partial charge < -0.3 is 4.74 Å². The zero-order valence-electron chi connectivity index (χ0n) is 16.8. The van der Waals surface area contributed by atoms with Crippen molar-refractivity contribution in [3.8, 4) is 5.75 Å². The van der Waals surface area contributed by atoms with E-state index in [0.717, 1.165) is 24.2 Å². The van der Waals surface area contributed by atoms with Gasteiger partial charge in [0.05, 0.1) is 6.61 Å². The van der Waals surface area contributed by atoms with Crippen LogP contribution in [0.3, 0.4) is 0 Å². The highest BCUT2D eigenvalue weighted by Gasteiger charge is 2.24. The minimum atomic E-state index is 0.881. The summed E-state index contributed by atoms with van der Waals surface area (Å²) in [5, 5.41) is 0. The maximum absolute atomic E-state index is 5.99. The van der Waals surface area contributed by atoms with Crippen molar-refractivity contribution in [2.75, 3.05) is 6.61 Å². The van der Waals surface area contributed by atoms with Crippen molar-refractivity contribution in [1.29, 1.82) is 0 Å². The van der Waals surface area contributed by atoms with E-state index in [9.17, 15) is 0 Å². The summed E-state index contributed by atoms with van der Waals surface area (Å²) >= 11 is 0. The van der Waals surface area contributed by atoms with Crippen molar-refractivity contribution in [3.05, 3.63) is 29.8 Å². The standard InChI is InChI=1S/C24H40O/c1-3-5-7-12-22-13-8-9-14-23(22)15-10-20-25-24-18-16-21(17-19-24)11-6-4-2/h16-19,22-23H,3-15,20H2,1-2H3. The molecule has 0 aromatic heterocycles. The first-order valence-corrected chi connectivity index (χ1v) is 11.0. The van der Waals surface area contributed by atoms with Crippen LogP contribution in [0.1, 0.15) is 96.5 Å². The summed E-state index contributed by atoms with van der Waals surface area (Å²) in [4.78, 5) is 0. The Morgan fingerprint density at radius 1 is 0.800 bits per heavy atom. The molecule has 1 heteroatoms. The molecule has 0 aliphatic heterocycles. The Bertz CT molecular complexity index is 436. The SMILES string of the molecule is CCCCCC1CCCCC1CCCOc1ccc(CCCC)cc1. The van der Waals surface area contributed by atoms with Gasteiger partial charge in [-0.05, 0) is 55.2 Å². The fourth-order valence-corrected chi connectivity index (χ4v) is 4.37. The zero-order chi connectivity index (χ0) is 17.7. The number of hydrogen-bond acceptors (Lipinski definition) is 1. The number of aryl methyl sites for hydroxylation is 1. The molecule has 0 N–H and O–H groups in total. The quantitative estimate of drug-likeness (QED) is 0.355. The predicted octanol–water partition coefficient (Wildman–Crippen LogP) is 7.57. The third-order valence-electron chi connectivity index (χ3n) is 5.98. The molecule has 1 fully saturated rings. The van der Waals surface area contributed by atoms with Gasteiger partial charge in [-0.25, -0.2) is 0 Å². The van der Waals surface area contributed by atoms with Crippen molar-refractivity contribution in [2.45, 2.75) is 97.3 Å². The van der Waals surface area contributed by atoms with E-state index in [2.05, 4.69) is 38.1 Å². The van der Waals surface area contributed by atoms with Crippen LogP contribution in [0.25, 0.3) is 0 Å². The molecule has 2 atom stereocenters. The number of hydrogen-bond donors (Lipinski definition) is 0. The Kier molecular flexibility index (Phi) is 10.1. The first-order chi connectivity index (χ1) is 12.3. The molecule has 0 saturated heterocycles. The summed E-state index contributed by atoms with van der Waals surface area (Å²) in [5.41, 5.74) is 1.44. The van der Waals surface area contributed by atoms with Gasteiger partial charge in [-0.1, -0.05) is 83.8 Å². The monoisotopic (exact) mass is 344 g/mol. The van der Waals surface area contributed by atoms with Gasteiger partial charge in [-0.3, -0.25) is 0 Å². The van der Waals surface area contributed by atoms with E-state index in [1.165, 1.54) is 89.0 Å². The molecule has 1 aliphatic carbocycles. The average molecular weight is 345 g/mol. The van der Waals surface area contributed by atoms with Gasteiger partial charge in [0.15, 0.2) is 0 Å². The molecule has 25 heavy (non-hydrogen) atoms. The van der Waals surface area contributed by atoms with Gasteiger partial charge in [0.25, 0.3) is 0 Å². The number of benzene rings is 1. The first kappa shape index (κ1) is 20.3. The summed E-state index contributed by atoms with van der Waals surface area (Å²) < 4.78 is 5.99. The second-order valence-corrected chi connectivity index (χ2v) is 8.04. The van der Waals surface area contributed by atoms with Crippen molar-refractivity contribution in [2.24, 2.45) is 11.8 Å². The largest absolute Gasteiger partial charge is 0.494 e. The van der Waals surface area contributed by atoms with E-state index in [1.807, 2.05) is 0 Å². The zero-order valence-corrected chi connectivity index (χ0v) is 16.8. The third-order valence-corrected chi connectivity index (χ3v) is 5.98. The summed E-state index contributed by atoms with van der Waals surface area (Å²) in [7, 11) is 0. The van der Waals surface area contributed by atoms with Gasteiger partial charge in [0, 0.05) is 0 Å². The van der Waals surface area contributed by atoms with Crippen LogP contribution in [0.2, 0.25) is 0 Å². The molecule has 1 aromatic carbocycles. The van der Waals surface area contributed by atoms with E-state index < -0.39 is 0 Å². The Balaban J connectivity index is 1.65. The molecular weight excluding hydrogens is 304 g/mol. The molecule has 1 aliphatic rings. The van der Waals surface area contributed by atoms with Gasteiger partial charge in [-0.2, -0.15) is 0 Å². The predicted molar refractivity (Wildman–Crippen MR) is 109 cm³/mol. The van der Waals surface area contributed by atoms with Crippen LogP contribution in [0.5, 0.6) is 5.75 Å². The molecule has 0 amide bonds. The highest BCUT2D eigenvalue weighted by molar-refractivity contribution is 5.27. The van der Waals surface area contributed by atoms with Crippen LogP contribution in [0.4, 0.5) is 0 Å². The number of ether oxygens (including phenoxy) is 1. The third kappa shape index (κ3) is 7.84. The maximum Gasteiger partial charge on any atom is 0.119 e. The van der Waals surface area contributed by atoms with Crippen LogP contribution in [0, 0.1) is 11.8 Å². The average Bonchev–Trinajstić information content (AvgIpc) is 2.66. The van der Waals surface area contributed by atoms with Gasteiger partial charge >= 0.3 is 0 Å². The number of unbranched alkanes of at least 4 members (excludes halogenated alkanes) is 3. The van der Waals surface area contributed by atoms with Gasteiger partial charge in [-0.15, -0.1) is 0 Å². The lowest BCUT2D eigenvalue weighted by atomic mass is 9.74. The van der Waals surface area contributed by atoms with Crippen LogP contribution >= 0.6 is 0 Å². The Morgan fingerprint density at radius 3 is 2.08 bits per heavy atom. The number of rotatable bonds is 12. The maximum atomic E-state index is 5.99. The Hall–Kier alpha value is -0.980. The van der Waals surface area contributed by atoms with E-state index in [4.69, 9.17) is 4.74 Å². The normalized spacial score (nSPS) is 20.6. The second-order valence-electron chi connectivity index (χ2n) is 8.04. The molecule has 2 unspecified atom stereocenters.